The molecule has 3 aromatic rings. The summed E-state index contributed by atoms with van der Waals surface area (Å²) in [4.78, 5) is 23.2. The van der Waals surface area contributed by atoms with Crippen LogP contribution in [0.4, 0.5) is 0 Å². The van der Waals surface area contributed by atoms with Crippen molar-refractivity contribution in [1.82, 2.24) is 24.8 Å². The summed E-state index contributed by atoms with van der Waals surface area (Å²) in [7, 11) is 0. The maximum Gasteiger partial charge on any atom is 0.325 e. The van der Waals surface area contributed by atoms with Crippen molar-refractivity contribution in [2.45, 2.75) is 25.6 Å². The first-order valence-corrected chi connectivity index (χ1v) is 10.3. The second-order valence-corrected chi connectivity index (χ2v) is 7.33. The van der Waals surface area contributed by atoms with Crippen molar-refractivity contribution in [2.75, 3.05) is 13.2 Å². The average Bonchev–Trinajstić information content (AvgIpc) is 3.34. The van der Waals surface area contributed by atoms with E-state index in [4.69, 9.17) is 17.0 Å². The number of nitrogens with zero attached hydrogens (tertiary/aromatic N) is 4. The zero-order valence-corrected chi connectivity index (χ0v) is 17.5. The van der Waals surface area contributed by atoms with E-state index in [-0.39, 0.29) is 24.6 Å². The highest BCUT2D eigenvalue weighted by Crippen LogP contribution is 2.38. The minimum Gasteiger partial charge on any atom is -0.465 e. The van der Waals surface area contributed by atoms with Crippen molar-refractivity contribution in [3.8, 4) is 0 Å². The van der Waals surface area contributed by atoms with Gasteiger partial charge in [-0.25, -0.2) is 0 Å². The number of ether oxygens (including phenoxy) is 1. The fraction of sp³-hybridized carbons (Fsp3) is 0.273. The number of carbonyl (C=O) groups excluding carboxylic acids is 1. The molecule has 1 N–H and O–H groups in total. The molecule has 0 saturated carbocycles. The number of pyridine rings is 2. The van der Waals surface area contributed by atoms with Crippen molar-refractivity contribution in [3.05, 3.63) is 84.2 Å². The van der Waals surface area contributed by atoms with Crippen molar-refractivity contribution in [3.63, 3.8) is 0 Å². The summed E-state index contributed by atoms with van der Waals surface area (Å²) in [5.74, 6) is -0.309. The Morgan fingerprint density at radius 2 is 1.93 bits per heavy atom. The van der Waals surface area contributed by atoms with Gasteiger partial charge in [0.05, 0.1) is 36.6 Å². The minimum atomic E-state index is -0.309. The first-order valence-electron chi connectivity index (χ1n) is 9.86. The fourth-order valence-electron chi connectivity index (χ4n) is 3.75. The van der Waals surface area contributed by atoms with E-state index < -0.39 is 0 Å². The average molecular weight is 422 g/mol. The van der Waals surface area contributed by atoms with Crippen LogP contribution in [0.1, 0.15) is 36.1 Å². The van der Waals surface area contributed by atoms with E-state index in [1.54, 1.807) is 19.3 Å². The summed E-state index contributed by atoms with van der Waals surface area (Å²) in [6, 6.07) is 15.3. The molecular weight excluding hydrogens is 398 g/mol. The quantitative estimate of drug-likeness (QED) is 0.465. The largest absolute Gasteiger partial charge is 0.465 e. The van der Waals surface area contributed by atoms with Crippen LogP contribution >= 0.6 is 12.2 Å². The monoisotopic (exact) mass is 421 g/mol. The maximum absolute atomic E-state index is 12.3. The van der Waals surface area contributed by atoms with Crippen LogP contribution in [0.2, 0.25) is 0 Å². The topological polar surface area (TPSA) is 72.3 Å². The minimum absolute atomic E-state index is 0.0719. The van der Waals surface area contributed by atoms with Crippen LogP contribution in [0.25, 0.3) is 0 Å². The van der Waals surface area contributed by atoms with Gasteiger partial charge in [0.25, 0.3) is 0 Å². The highest BCUT2D eigenvalue weighted by molar-refractivity contribution is 7.80. The van der Waals surface area contributed by atoms with Gasteiger partial charge in [0, 0.05) is 24.3 Å². The lowest BCUT2D eigenvalue weighted by atomic mass is 10.0. The maximum atomic E-state index is 12.3. The van der Waals surface area contributed by atoms with E-state index in [0.29, 0.717) is 18.3 Å². The number of aromatic nitrogens is 3. The number of nitrogens with one attached hydrogen (secondary N) is 1. The van der Waals surface area contributed by atoms with Gasteiger partial charge in [0.15, 0.2) is 5.11 Å². The molecule has 0 aromatic carbocycles. The van der Waals surface area contributed by atoms with E-state index in [9.17, 15) is 4.79 Å². The third-order valence-electron chi connectivity index (χ3n) is 5.03. The van der Waals surface area contributed by atoms with E-state index in [1.807, 2.05) is 53.6 Å². The van der Waals surface area contributed by atoms with Crippen LogP contribution in [-0.2, 0) is 16.1 Å². The number of hydrogen-bond acceptors (Lipinski definition) is 5. The molecule has 1 fully saturated rings. The Morgan fingerprint density at radius 3 is 2.63 bits per heavy atom. The van der Waals surface area contributed by atoms with Crippen LogP contribution in [0, 0.1) is 0 Å². The van der Waals surface area contributed by atoms with Gasteiger partial charge in [-0.05, 0) is 55.5 Å². The van der Waals surface area contributed by atoms with Gasteiger partial charge < -0.3 is 19.5 Å². The van der Waals surface area contributed by atoms with Crippen LogP contribution in [0.15, 0.2) is 67.1 Å². The lowest BCUT2D eigenvalue weighted by Crippen LogP contribution is -2.36. The molecule has 30 heavy (non-hydrogen) atoms. The Kier molecular flexibility index (Phi) is 6.04. The Labute approximate surface area is 180 Å². The van der Waals surface area contributed by atoms with E-state index in [1.165, 1.54) is 0 Å². The zero-order valence-electron chi connectivity index (χ0n) is 16.6. The lowest BCUT2D eigenvalue weighted by Gasteiger charge is -2.28. The third kappa shape index (κ3) is 4.18. The van der Waals surface area contributed by atoms with Crippen LogP contribution in [0.3, 0.4) is 0 Å². The predicted octanol–water partition coefficient (Wildman–Crippen LogP) is 2.86. The van der Waals surface area contributed by atoms with Gasteiger partial charge in [0.2, 0.25) is 0 Å². The molecule has 0 bridgehead atoms. The summed E-state index contributed by atoms with van der Waals surface area (Å²) in [6.07, 6.45) is 5.57. The Balaban J connectivity index is 1.71. The van der Waals surface area contributed by atoms with Gasteiger partial charge in [0.1, 0.15) is 6.54 Å². The predicted molar refractivity (Wildman–Crippen MR) is 117 cm³/mol. The molecule has 4 rings (SSSR count). The molecule has 0 spiro atoms. The van der Waals surface area contributed by atoms with Crippen molar-refractivity contribution >= 4 is 23.3 Å². The highest BCUT2D eigenvalue weighted by atomic mass is 32.1. The third-order valence-corrected chi connectivity index (χ3v) is 5.38. The van der Waals surface area contributed by atoms with Crippen LogP contribution < -0.4 is 5.32 Å². The second kappa shape index (κ2) is 9.04. The van der Waals surface area contributed by atoms with Gasteiger partial charge in [-0.1, -0.05) is 12.1 Å². The molecule has 0 amide bonds. The summed E-state index contributed by atoms with van der Waals surface area (Å²) in [5, 5.41) is 3.86. The molecule has 1 saturated heterocycles. The summed E-state index contributed by atoms with van der Waals surface area (Å²) < 4.78 is 7.32. The fourth-order valence-corrected chi connectivity index (χ4v) is 4.05. The van der Waals surface area contributed by atoms with Gasteiger partial charge in [-0.2, -0.15) is 0 Å². The molecule has 1 aliphatic rings. The van der Waals surface area contributed by atoms with Crippen molar-refractivity contribution in [2.24, 2.45) is 0 Å². The van der Waals surface area contributed by atoms with E-state index in [0.717, 1.165) is 17.1 Å². The molecule has 7 nitrogen and oxygen atoms in total. The molecule has 154 valence electrons. The normalized spacial score (nSPS) is 18.3. The smallest absolute Gasteiger partial charge is 0.325 e. The molecule has 8 heteroatoms. The molecule has 0 radical (unpaired) electrons. The number of thiocarbonyl (C=S) groups is 1. The molecular formula is C22H23N5O2S. The number of esters is 1. The molecule has 3 aromatic heterocycles. The standard InChI is InChI=1S/C22H23N5O2S/c1-2-29-19(28)15-27-21(20(25-22(27)30)17-9-4-6-12-24-17)18-10-7-13-26(18)14-16-8-3-5-11-23-16/h3-13,20-21H,2,14-15H2,1H3,(H,25,30)/t20-,21+/m1/s1. The van der Waals surface area contributed by atoms with Crippen LogP contribution in [-0.4, -0.2) is 43.7 Å². The van der Waals surface area contributed by atoms with Crippen LogP contribution in [0.5, 0.6) is 0 Å². The first-order chi connectivity index (χ1) is 14.7. The molecule has 0 unspecified atom stereocenters. The molecule has 1 aliphatic heterocycles. The Morgan fingerprint density at radius 1 is 1.13 bits per heavy atom. The molecule has 2 atom stereocenters. The first kappa shape index (κ1) is 20.0. The number of rotatable bonds is 7. The SMILES string of the molecule is CCOC(=O)CN1C(=S)N[C@H](c2ccccn2)[C@@H]1c1cccn1Cc1ccccn1. The number of hydrogen-bond donors (Lipinski definition) is 1. The van der Waals surface area contributed by atoms with Crippen molar-refractivity contribution in [1.29, 1.82) is 0 Å². The zero-order chi connectivity index (χ0) is 20.9. The Hall–Kier alpha value is -3.26. The summed E-state index contributed by atoms with van der Waals surface area (Å²) in [6.45, 7) is 2.82. The molecule has 0 aliphatic carbocycles. The Bertz CT molecular complexity index is 1010. The highest BCUT2D eigenvalue weighted by Gasteiger charge is 2.42. The van der Waals surface area contributed by atoms with Crippen molar-refractivity contribution < 1.29 is 9.53 Å². The van der Waals surface area contributed by atoms with Gasteiger partial charge >= 0.3 is 5.97 Å². The summed E-state index contributed by atoms with van der Waals surface area (Å²) >= 11 is 5.60. The van der Waals surface area contributed by atoms with E-state index in [2.05, 4.69) is 25.9 Å². The van der Waals surface area contributed by atoms with Gasteiger partial charge in [-0.15, -0.1) is 0 Å². The second-order valence-electron chi connectivity index (χ2n) is 6.94. The van der Waals surface area contributed by atoms with E-state index >= 15 is 0 Å². The number of carbonyl (C=O) groups is 1. The van der Waals surface area contributed by atoms with Gasteiger partial charge in [-0.3, -0.25) is 14.8 Å². The lowest BCUT2D eigenvalue weighted by molar-refractivity contribution is -0.143. The summed E-state index contributed by atoms with van der Waals surface area (Å²) in [5.41, 5.74) is 2.84. The molecule has 4 heterocycles.